The standard InChI is InChI=1S/C14H9NOS2/c16-13-12(18-14(17)15-13)8-9-5-6-10-3-1-2-4-11(10)7-9/h1-8H,(H,15,16,17)/b12-8+. The van der Waals surface area contributed by atoms with Crippen molar-refractivity contribution in [3.8, 4) is 0 Å². The average Bonchev–Trinajstić information content (AvgIpc) is 2.68. The van der Waals surface area contributed by atoms with Crippen molar-refractivity contribution in [3.63, 3.8) is 0 Å². The molecule has 2 nitrogen and oxygen atoms in total. The summed E-state index contributed by atoms with van der Waals surface area (Å²) in [5.74, 6) is -0.113. The Morgan fingerprint density at radius 2 is 1.89 bits per heavy atom. The lowest BCUT2D eigenvalue weighted by molar-refractivity contribution is -0.115. The minimum absolute atomic E-state index is 0.113. The molecule has 2 aromatic rings. The molecule has 1 aliphatic rings. The molecule has 1 saturated heterocycles. The van der Waals surface area contributed by atoms with Crippen LogP contribution in [0.1, 0.15) is 5.56 Å². The van der Waals surface area contributed by atoms with E-state index in [4.69, 9.17) is 12.2 Å². The maximum atomic E-state index is 11.6. The Kier molecular flexibility index (Phi) is 2.89. The second-order valence-corrected chi connectivity index (χ2v) is 5.68. The second-order valence-electron chi connectivity index (χ2n) is 3.96. The minimum atomic E-state index is -0.113. The molecule has 1 heterocycles. The Balaban J connectivity index is 2.02. The van der Waals surface area contributed by atoms with Gasteiger partial charge in [0.15, 0.2) is 0 Å². The van der Waals surface area contributed by atoms with E-state index in [0.717, 1.165) is 10.9 Å². The molecule has 0 saturated carbocycles. The fourth-order valence-corrected chi connectivity index (χ4v) is 2.91. The van der Waals surface area contributed by atoms with Gasteiger partial charge in [-0.05, 0) is 28.5 Å². The number of nitrogens with one attached hydrogen (secondary N) is 1. The number of rotatable bonds is 1. The number of fused-ring (bicyclic) bond motifs is 1. The monoisotopic (exact) mass is 271 g/mol. The van der Waals surface area contributed by atoms with Crippen LogP contribution in [0.25, 0.3) is 16.8 Å². The van der Waals surface area contributed by atoms with Crippen molar-refractivity contribution < 1.29 is 4.79 Å². The van der Waals surface area contributed by atoms with E-state index in [9.17, 15) is 4.79 Å². The van der Waals surface area contributed by atoms with E-state index in [1.54, 1.807) is 0 Å². The van der Waals surface area contributed by atoms with Crippen molar-refractivity contribution >= 4 is 51.1 Å². The number of hydrogen-bond donors (Lipinski definition) is 1. The number of thioether (sulfide) groups is 1. The molecule has 0 aromatic heterocycles. The van der Waals surface area contributed by atoms with Gasteiger partial charge in [0.1, 0.15) is 4.32 Å². The fraction of sp³-hybridized carbons (Fsp3) is 0. The Labute approximate surface area is 114 Å². The first-order valence-electron chi connectivity index (χ1n) is 5.46. The largest absolute Gasteiger partial charge is 0.307 e. The van der Waals surface area contributed by atoms with E-state index < -0.39 is 0 Å². The molecule has 1 aliphatic heterocycles. The molecule has 0 spiro atoms. The molecular formula is C14H9NOS2. The molecular weight excluding hydrogens is 262 g/mol. The average molecular weight is 271 g/mol. The molecule has 0 radical (unpaired) electrons. The third-order valence-electron chi connectivity index (χ3n) is 2.71. The molecule has 0 bridgehead atoms. The highest BCUT2D eigenvalue weighted by Crippen LogP contribution is 2.26. The summed E-state index contributed by atoms with van der Waals surface area (Å²) in [6, 6.07) is 14.3. The van der Waals surface area contributed by atoms with Gasteiger partial charge in [0.25, 0.3) is 5.91 Å². The summed E-state index contributed by atoms with van der Waals surface area (Å²) >= 11 is 6.26. The number of carbonyl (C=O) groups is 1. The number of amides is 1. The lowest BCUT2D eigenvalue weighted by atomic mass is 10.1. The smallest absolute Gasteiger partial charge is 0.263 e. The van der Waals surface area contributed by atoms with Crippen LogP contribution in [0.5, 0.6) is 0 Å². The van der Waals surface area contributed by atoms with E-state index in [0.29, 0.717) is 9.23 Å². The number of hydrogen-bond acceptors (Lipinski definition) is 3. The molecule has 18 heavy (non-hydrogen) atoms. The van der Waals surface area contributed by atoms with Crippen molar-refractivity contribution in [1.82, 2.24) is 5.32 Å². The number of benzene rings is 2. The van der Waals surface area contributed by atoms with Gasteiger partial charge in [-0.25, -0.2) is 0 Å². The van der Waals surface area contributed by atoms with E-state index in [2.05, 4.69) is 29.6 Å². The van der Waals surface area contributed by atoms with Crippen LogP contribution in [-0.2, 0) is 4.79 Å². The van der Waals surface area contributed by atoms with Crippen LogP contribution in [0.2, 0.25) is 0 Å². The minimum Gasteiger partial charge on any atom is -0.307 e. The maximum absolute atomic E-state index is 11.6. The number of thiocarbonyl (C=S) groups is 1. The first kappa shape index (κ1) is 11.4. The Bertz CT molecular complexity index is 691. The van der Waals surface area contributed by atoms with Crippen LogP contribution in [-0.4, -0.2) is 10.2 Å². The predicted octanol–water partition coefficient (Wildman–Crippen LogP) is 3.33. The summed E-state index contributed by atoms with van der Waals surface area (Å²) in [4.78, 5) is 12.2. The molecule has 3 rings (SSSR count). The second kappa shape index (κ2) is 4.55. The summed E-state index contributed by atoms with van der Waals surface area (Å²) in [6.45, 7) is 0. The Morgan fingerprint density at radius 1 is 1.11 bits per heavy atom. The van der Waals surface area contributed by atoms with Gasteiger partial charge in [-0.3, -0.25) is 4.79 Å². The summed E-state index contributed by atoms with van der Waals surface area (Å²) in [5.41, 5.74) is 1.01. The molecule has 0 atom stereocenters. The lowest BCUT2D eigenvalue weighted by Crippen LogP contribution is -2.17. The third kappa shape index (κ3) is 2.17. The van der Waals surface area contributed by atoms with Gasteiger partial charge in [-0.15, -0.1) is 0 Å². The highest BCUT2D eigenvalue weighted by atomic mass is 32.2. The topological polar surface area (TPSA) is 29.1 Å². The molecule has 88 valence electrons. The van der Waals surface area contributed by atoms with Crippen LogP contribution in [0.15, 0.2) is 47.4 Å². The molecule has 1 fully saturated rings. The van der Waals surface area contributed by atoms with Crippen molar-refractivity contribution in [2.24, 2.45) is 0 Å². The summed E-state index contributed by atoms with van der Waals surface area (Å²) in [5, 5.41) is 4.97. The Hall–Kier alpha value is -1.65. The van der Waals surface area contributed by atoms with Gasteiger partial charge in [0, 0.05) is 0 Å². The van der Waals surface area contributed by atoms with Crippen molar-refractivity contribution in [2.45, 2.75) is 0 Å². The van der Waals surface area contributed by atoms with Crippen molar-refractivity contribution in [3.05, 3.63) is 52.9 Å². The van der Waals surface area contributed by atoms with E-state index in [-0.39, 0.29) is 5.91 Å². The number of carbonyl (C=O) groups excluding carboxylic acids is 1. The van der Waals surface area contributed by atoms with Gasteiger partial charge < -0.3 is 5.32 Å². The first-order valence-corrected chi connectivity index (χ1v) is 6.68. The first-order chi connectivity index (χ1) is 8.72. The molecule has 1 amide bonds. The van der Waals surface area contributed by atoms with E-state index >= 15 is 0 Å². The zero-order chi connectivity index (χ0) is 12.5. The fourth-order valence-electron chi connectivity index (χ4n) is 1.87. The molecule has 1 N–H and O–H groups in total. The van der Waals surface area contributed by atoms with Gasteiger partial charge >= 0.3 is 0 Å². The van der Waals surface area contributed by atoms with E-state index in [1.165, 1.54) is 17.1 Å². The summed E-state index contributed by atoms with van der Waals surface area (Å²) in [7, 11) is 0. The zero-order valence-electron chi connectivity index (χ0n) is 9.34. The zero-order valence-corrected chi connectivity index (χ0v) is 11.0. The quantitative estimate of drug-likeness (QED) is 0.637. The van der Waals surface area contributed by atoms with Gasteiger partial charge in [0.2, 0.25) is 0 Å². The molecule has 0 unspecified atom stereocenters. The van der Waals surface area contributed by atoms with Crippen LogP contribution in [0, 0.1) is 0 Å². The van der Waals surface area contributed by atoms with Crippen LogP contribution >= 0.6 is 24.0 Å². The summed E-state index contributed by atoms with van der Waals surface area (Å²) < 4.78 is 0.520. The maximum Gasteiger partial charge on any atom is 0.263 e. The SMILES string of the molecule is O=C1NC(=S)S/C1=C/c1ccc2ccccc2c1. The highest BCUT2D eigenvalue weighted by molar-refractivity contribution is 8.26. The van der Waals surface area contributed by atoms with Crippen molar-refractivity contribution in [1.29, 1.82) is 0 Å². The molecule has 0 aliphatic carbocycles. The van der Waals surface area contributed by atoms with Gasteiger partial charge in [0.05, 0.1) is 4.91 Å². The molecule has 4 heteroatoms. The van der Waals surface area contributed by atoms with Crippen LogP contribution < -0.4 is 5.32 Å². The van der Waals surface area contributed by atoms with E-state index in [1.807, 2.05) is 24.3 Å². The summed E-state index contributed by atoms with van der Waals surface area (Å²) in [6.07, 6.45) is 1.87. The lowest BCUT2D eigenvalue weighted by Gasteiger charge is -1.99. The normalized spacial score (nSPS) is 17.4. The van der Waals surface area contributed by atoms with Gasteiger partial charge in [-0.2, -0.15) is 0 Å². The Morgan fingerprint density at radius 3 is 2.61 bits per heavy atom. The molecule has 2 aromatic carbocycles. The third-order valence-corrected chi connectivity index (χ3v) is 3.88. The van der Waals surface area contributed by atoms with Crippen LogP contribution in [0.4, 0.5) is 0 Å². The van der Waals surface area contributed by atoms with Gasteiger partial charge in [-0.1, -0.05) is 60.4 Å². The van der Waals surface area contributed by atoms with Crippen molar-refractivity contribution in [2.75, 3.05) is 0 Å². The predicted molar refractivity (Wildman–Crippen MR) is 80.3 cm³/mol. The van der Waals surface area contributed by atoms with Crippen LogP contribution in [0.3, 0.4) is 0 Å². The highest BCUT2D eigenvalue weighted by Gasteiger charge is 2.21.